The van der Waals surface area contributed by atoms with E-state index in [0.29, 0.717) is 24.7 Å². The fourth-order valence-corrected chi connectivity index (χ4v) is 2.89. The molecule has 1 aromatic carbocycles. The van der Waals surface area contributed by atoms with Crippen LogP contribution in [0.4, 0.5) is 0 Å². The first-order valence-corrected chi connectivity index (χ1v) is 8.07. The molecule has 1 aliphatic rings. The molecule has 2 rings (SSSR count). The lowest BCUT2D eigenvalue weighted by Gasteiger charge is -2.16. The zero-order chi connectivity index (χ0) is 14.0. The van der Waals surface area contributed by atoms with Crippen molar-refractivity contribution >= 4 is 28.2 Å². The molecular weight excluding hydrogens is 300 g/mol. The summed E-state index contributed by atoms with van der Waals surface area (Å²) < 4.78 is 23.0. The van der Waals surface area contributed by atoms with Gasteiger partial charge in [0, 0.05) is 31.0 Å². The average molecular weight is 319 g/mol. The van der Waals surface area contributed by atoms with Gasteiger partial charge in [-0.3, -0.25) is 4.79 Å². The van der Waals surface area contributed by atoms with Crippen LogP contribution in [0, 0.1) is 0 Å². The van der Waals surface area contributed by atoms with Gasteiger partial charge in [0.25, 0.3) is 5.91 Å². The van der Waals surface area contributed by atoms with Gasteiger partial charge in [-0.1, -0.05) is 6.07 Å². The normalized spacial score (nSPS) is 18.7. The lowest BCUT2D eigenvalue weighted by Crippen LogP contribution is -2.33. The van der Waals surface area contributed by atoms with Crippen molar-refractivity contribution in [1.82, 2.24) is 10.2 Å². The Bertz CT molecular complexity index is 589. The largest absolute Gasteiger partial charge is 0.337 e. The number of carbonyl (C=O) groups is 1. The highest BCUT2D eigenvalue weighted by atomic mass is 35.5. The lowest BCUT2D eigenvalue weighted by molar-refractivity contribution is 0.0789. The highest BCUT2D eigenvalue weighted by molar-refractivity contribution is 7.90. The summed E-state index contributed by atoms with van der Waals surface area (Å²) >= 11 is 0. The van der Waals surface area contributed by atoms with Crippen molar-refractivity contribution in [3.8, 4) is 0 Å². The molecule has 7 heteroatoms. The number of carbonyl (C=O) groups excluding carboxylic acids is 1. The first-order valence-electron chi connectivity index (χ1n) is 6.18. The fourth-order valence-electron chi connectivity index (χ4n) is 2.22. The summed E-state index contributed by atoms with van der Waals surface area (Å²) in [5, 5.41) is 3.15. The number of hydrogen-bond acceptors (Lipinski definition) is 4. The number of hydrogen-bond donors (Lipinski definition) is 1. The third-order valence-electron chi connectivity index (χ3n) is 3.39. The summed E-state index contributed by atoms with van der Waals surface area (Å²) in [6.07, 6.45) is 2.07. The minimum atomic E-state index is -3.28. The van der Waals surface area contributed by atoms with Gasteiger partial charge in [0.1, 0.15) is 0 Å². The van der Waals surface area contributed by atoms with E-state index in [9.17, 15) is 13.2 Å². The number of likely N-dealkylation sites (tertiary alicyclic amines) is 1. The van der Waals surface area contributed by atoms with Crippen molar-refractivity contribution in [1.29, 1.82) is 0 Å². The third kappa shape index (κ3) is 3.71. The molecule has 1 atom stereocenters. The maximum atomic E-state index is 12.3. The van der Waals surface area contributed by atoms with Gasteiger partial charge < -0.3 is 10.2 Å². The maximum absolute atomic E-state index is 12.3. The van der Waals surface area contributed by atoms with E-state index in [-0.39, 0.29) is 23.2 Å². The molecule has 112 valence electrons. The van der Waals surface area contributed by atoms with E-state index in [4.69, 9.17) is 0 Å². The maximum Gasteiger partial charge on any atom is 0.253 e. The van der Waals surface area contributed by atoms with Crippen LogP contribution in [0.5, 0.6) is 0 Å². The number of halogens is 1. The number of rotatable bonds is 3. The van der Waals surface area contributed by atoms with Crippen LogP contribution in [0.2, 0.25) is 0 Å². The van der Waals surface area contributed by atoms with E-state index in [1.54, 1.807) is 17.0 Å². The molecule has 0 radical (unpaired) electrons. The Morgan fingerprint density at radius 3 is 2.65 bits per heavy atom. The van der Waals surface area contributed by atoms with Crippen LogP contribution in [0.3, 0.4) is 0 Å². The van der Waals surface area contributed by atoms with Crippen molar-refractivity contribution in [3.63, 3.8) is 0 Å². The van der Waals surface area contributed by atoms with Gasteiger partial charge in [-0.15, -0.1) is 12.4 Å². The number of nitrogens with one attached hydrogen (secondary N) is 1. The molecule has 1 aromatic rings. The molecule has 0 aliphatic carbocycles. The highest BCUT2D eigenvalue weighted by Gasteiger charge is 2.26. The Labute approximate surface area is 125 Å². The predicted octanol–water partition coefficient (Wildman–Crippen LogP) is 0.946. The van der Waals surface area contributed by atoms with Crippen LogP contribution in [0.25, 0.3) is 0 Å². The average Bonchev–Trinajstić information content (AvgIpc) is 2.86. The standard InChI is InChI=1S/C13H18N2O3S.ClH/c1-14-11-6-7-15(9-11)13(16)10-4-3-5-12(8-10)19(2,17)18;/h3-5,8,11,14H,6-7,9H2,1-2H3;1H. The van der Waals surface area contributed by atoms with Gasteiger partial charge in [-0.25, -0.2) is 8.42 Å². The Morgan fingerprint density at radius 2 is 2.10 bits per heavy atom. The van der Waals surface area contributed by atoms with Gasteiger partial charge >= 0.3 is 0 Å². The van der Waals surface area contributed by atoms with Crippen molar-refractivity contribution in [2.75, 3.05) is 26.4 Å². The molecule has 0 spiro atoms. The molecule has 0 aromatic heterocycles. The fraction of sp³-hybridized carbons (Fsp3) is 0.462. The van der Waals surface area contributed by atoms with Crippen LogP contribution >= 0.6 is 12.4 Å². The quantitative estimate of drug-likeness (QED) is 0.901. The first-order chi connectivity index (χ1) is 8.91. The van der Waals surface area contributed by atoms with Gasteiger partial charge in [0.15, 0.2) is 9.84 Å². The zero-order valence-corrected chi connectivity index (χ0v) is 13.1. The monoisotopic (exact) mass is 318 g/mol. The van der Waals surface area contributed by atoms with Gasteiger partial charge in [0.2, 0.25) is 0 Å². The van der Waals surface area contributed by atoms with E-state index in [1.807, 2.05) is 7.05 Å². The predicted molar refractivity (Wildman–Crippen MR) is 80.2 cm³/mol. The van der Waals surface area contributed by atoms with Crippen molar-refractivity contribution in [3.05, 3.63) is 29.8 Å². The Morgan fingerprint density at radius 1 is 1.40 bits per heavy atom. The van der Waals surface area contributed by atoms with Gasteiger partial charge in [-0.05, 0) is 31.7 Å². The summed E-state index contributed by atoms with van der Waals surface area (Å²) in [4.78, 5) is 14.2. The van der Waals surface area contributed by atoms with Gasteiger partial charge in [-0.2, -0.15) is 0 Å². The molecule has 1 saturated heterocycles. The summed E-state index contributed by atoms with van der Waals surface area (Å²) in [6, 6.07) is 6.54. The minimum absolute atomic E-state index is 0. The van der Waals surface area contributed by atoms with Crippen molar-refractivity contribution in [2.45, 2.75) is 17.4 Å². The lowest BCUT2D eigenvalue weighted by atomic mass is 10.2. The topological polar surface area (TPSA) is 66.5 Å². The molecule has 1 unspecified atom stereocenters. The molecule has 1 amide bonds. The second-order valence-corrected chi connectivity index (χ2v) is 6.84. The van der Waals surface area contributed by atoms with E-state index in [2.05, 4.69) is 5.32 Å². The number of nitrogens with zero attached hydrogens (tertiary/aromatic N) is 1. The van der Waals surface area contributed by atoms with Crippen molar-refractivity contribution < 1.29 is 13.2 Å². The van der Waals surface area contributed by atoms with Crippen LogP contribution in [-0.4, -0.2) is 51.7 Å². The molecule has 1 N–H and O–H groups in total. The summed E-state index contributed by atoms with van der Waals surface area (Å²) in [6.45, 7) is 1.37. The molecule has 1 fully saturated rings. The molecular formula is C13H19ClN2O3S. The molecule has 0 bridgehead atoms. The van der Waals surface area contributed by atoms with E-state index in [0.717, 1.165) is 12.7 Å². The zero-order valence-electron chi connectivity index (χ0n) is 11.5. The number of benzene rings is 1. The summed E-state index contributed by atoms with van der Waals surface area (Å²) in [7, 11) is -1.40. The smallest absolute Gasteiger partial charge is 0.253 e. The second kappa shape index (κ2) is 6.56. The van der Waals surface area contributed by atoms with Gasteiger partial charge in [0.05, 0.1) is 4.90 Å². The minimum Gasteiger partial charge on any atom is -0.337 e. The summed E-state index contributed by atoms with van der Waals surface area (Å²) in [5.41, 5.74) is 0.430. The van der Waals surface area contributed by atoms with Crippen LogP contribution in [0.15, 0.2) is 29.2 Å². The highest BCUT2D eigenvalue weighted by Crippen LogP contribution is 2.16. The van der Waals surface area contributed by atoms with E-state index >= 15 is 0 Å². The van der Waals surface area contributed by atoms with E-state index < -0.39 is 9.84 Å². The van der Waals surface area contributed by atoms with Crippen LogP contribution in [0.1, 0.15) is 16.8 Å². The van der Waals surface area contributed by atoms with E-state index in [1.165, 1.54) is 12.1 Å². The summed E-state index contributed by atoms with van der Waals surface area (Å²) in [5.74, 6) is -0.108. The molecule has 5 nitrogen and oxygen atoms in total. The number of sulfone groups is 1. The number of likely N-dealkylation sites (N-methyl/N-ethyl adjacent to an activating group) is 1. The second-order valence-electron chi connectivity index (χ2n) is 4.83. The molecule has 1 heterocycles. The Hall–Kier alpha value is -1.11. The SMILES string of the molecule is CNC1CCN(C(=O)c2cccc(S(C)(=O)=O)c2)C1.Cl. The van der Waals surface area contributed by atoms with Crippen LogP contribution < -0.4 is 5.32 Å². The Balaban J connectivity index is 0.00000200. The Kier molecular flexibility index (Phi) is 5.56. The number of amides is 1. The molecule has 1 aliphatic heterocycles. The van der Waals surface area contributed by atoms with Crippen LogP contribution in [-0.2, 0) is 9.84 Å². The van der Waals surface area contributed by atoms with Crippen molar-refractivity contribution in [2.24, 2.45) is 0 Å². The first kappa shape index (κ1) is 16.9. The molecule has 20 heavy (non-hydrogen) atoms. The molecule has 0 saturated carbocycles. The third-order valence-corrected chi connectivity index (χ3v) is 4.50.